The van der Waals surface area contributed by atoms with E-state index in [2.05, 4.69) is 9.97 Å². The fourth-order valence-corrected chi connectivity index (χ4v) is 1.76. The zero-order chi connectivity index (χ0) is 11.5. The average Bonchev–Trinajstić information content (AvgIpc) is 2.25. The predicted molar refractivity (Wildman–Crippen MR) is 61.6 cm³/mol. The van der Waals surface area contributed by atoms with Crippen LogP contribution in [0.2, 0.25) is 0 Å². The molecule has 0 spiro atoms. The van der Waals surface area contributed by atoms with Gasteiger partial charge in [-0.3, -0.25) is 0 Å². The first-order chi connectivity index (χ1) is 7.70. The van der Waals surface area contributed by atoms with Gasteiger partial charge in [0.05, 0.1) is 11.2 Å². The highest BCUT2D eigenvalue weighted by molar-refractivity contribution is 5.80. The van der Waals surface area contributed by atoms with Gasteiger partial charge in [-0.2, -0.15) is 0 Å². The highest BCUT2D eigenvalue weighted by atomic mass is 19.1. The Morgan fingerprint density at radius 3 is 2.88 bits per heavy atom. The number of halogens is 1. The Hall–Kier alpha value is -1.55. The smallest absolute Gasteiger partial charge is 0.126 e. The van der Waals surface area contributed by atoms with Gasteiger partial charge in [0.15, 0.2) is 0 Å². The lowest BCUT2D eigenvalue weighted by atomic mass is 10.1. The van der Waals surface area contributed by atoms with Crippen molar-refractivity contribution in [2.75, 3.05) is 6.54 Å². The van der Waals surface area contributed by atoms with E-state index in [1.165, 1.54) is 12.1 Å². The van der Waals surface area contributed by atoms with E-state index in [0.29, 0.717) is 17.9 Å². The zero-order valence-corrected chi connectivity index (χ0v) is 9.20. The molecule has 2 rings (SSSR count). The van der Waals surface area contributed by atoms with Crippen molar-refractivity contribution in [1.29, 1.82) is 0 Å². The summed E-state index contributed by atoms with van der Waals surface area (Å²) >= 11 is 0. The summed E-state index contributed by atoms with van der Waals surface area (Å²) in [6, 6.07) is 4.61. The van der Waals surface area contributed by atoms with Gasteiger partial charge in [-0.1, -0.05) is 0 Å². The third-order valence-electron chi connectivity index (χ3n) is 2.47. The molecule has 2 N–H and O–H groups in total. The first kappa shape index (κ1) is 11.0. The number of aryl methyl sites for hydroxylation is 2. The Kier molecular flexibility index (Phi) is 3.10. The normalized spacial score (nSPS) is 10.9. The average molecular weight is 219 g/mol. The van der Waals surface area contributed by atoms with Crippen LogP contribution in [-0.2, 0) is 6.42 Å². The van der Waals surface area contributed by atoms with E-state index in [9.17, 15) is 4.39 Å². The monoisotopic (exact) mass is 219 g/mol. The quantitative estimate of drug-likeness (QED) is 0.858. The van der Waals surface area contributed by atoms with Gasteiger partial charge in [0.1, 0.15) is 11.6 Å². The number of hydrogen-bond acceptors (Lipinski definition) is 3. The minimum Gasteiger partial charge on any atom is -0.330 e. The lowest BCUT2D eigenvalue weighted by Gasteiger charge is -2.06. The van der Waals surface area contributed by atoms with Gasteiger partial charge >= 0.3 is 0 Å². The van der Waals surface area contributed by atoms with Crippen molar-refractivity contribution in [3.8, 4) is 0 Å². The molecule has 0 saturated heterocycles. The van der Waals surface area contributed by atoms with E-state index in [1.54, 1.807) is 6.07 Å². The minimum atomic E-state index is -0.268. The molecule has 3 nitrogen and oxygen atoms in total. The van der Waals surface area contributed by atoms with Crippen LogP contribution in [0.15, 0.2) is 18.2 Å². The lowest BCUT2D eigenvalue weighted by Crippen LogP contribution is -2.04. The fraction of sp³-hybridized carbons (Fsp3) is 0.333. The van der Waals surface area contributed by atoms with Crippen LogP contribution < -0.4 is 5.73 Å². The Morgan fingerprint density at radius 1 is 1.31 bits per heavy atom. The van der Waals surface area contributed by atoms with Crippen LogP contribution in [-0.4, -0.2) is 16.5 Å². The minimum absolute atomic E-state index is 0.268. The van der Waals surface area contributed by atoms with E-state index < -0.39 is 0 Å². The molecule has 0 aliphatic rings. The number of hydrogen-bond donors (Lipinski definition) is 1. The van der Waals surface area contributed by atoms with Gasteiger partial charge in [-0.15, -0.1) is 0 Å². The molecule has 4 heteroatoms. The molecule has 2 aromatic rings. The summed E-state index contributed by atoms with van der Waals surface area (Å²) < 4.78 is 13.1. The number of nitrogens with two attached hydrogens (primary N) is 1. The molecule has 0 amide bonds. The van der Waals surface area contributed by atoms with Crippen molar-refractivity contribution in [3.63, 3.8) is 0 Å². The van der Waals surface area contributed by atoms with Crippen molar-refractivity contribution in [1.82, 2.24) is 9.97 Å². The number of fused-ring (bicyclic) bond motifs is 1. The van der Waals surface area contributed by atoms with Crippen LogP contribution in [0.3, 0.4) is 0 Å². The predicted octanol–water partition coefficient (Wildman–Crippen LogP) is 1.97. The molecule has 0 unspecified atom stereocenters. The van der Waals surface area contributed by atoms with Crippen molar-refractivity contribution in [2.45, 2.75) is 19.8 Å². The Balaban J connectivity index is 2.54. The maximum Gasteiger partial charge on any atom is 0.126 e. The molecule has 0 fully saturated rings. The first-order valence-corrected chi connectivity index (χ1v) is 5.33. The Bertz CT molecular complexity index is 506. The summed E-state index contributed by atoms with van der Waals surface area (Å²) in [4.78, 5) is 8.60. The van der Waals surface area contributed by atoms with Crippen LogP contribution in [0.4, 0.5) is 4.39 Å². The SMILES string of the molecule is Cc1nc(CCCN)c2ccc(F)cc2n1. The molecule has 1 aromatic carbocycles. The Labute approximate surface area is 93.5 Å². The number of rotatable bonds is 3. The zero-order valence-electron chi connectivity index (χ0n) is 9.20. The molecule has 0 atom stereocenters. The molecule has 0 saturated carbocycles. The van der Waals surface area contributed by atoms with Crippen molar-refractivity contribution >= 4 is 10.9 Å². The highest BCUT2D eigenvalue weighted by Crippen LogP contribution is 2.18. The van der Waals surface area contributed by atoms with Crippen LogP contribution in [0.5, 0.6) is 0 Å². The molecule has 0 aliphatic carbocycles. The number of benzene rings is 1. The summed E-state index contributed by atoms with van der Waals surface area (Å²) in [5, 5.41) is 0.917. The van der Waals surface area contributed by atoms with E-state index >= 15 is 0 Å². The van der Waals surface area contributed by atoms with E-state index in [0.717, 1.165) is 23.9 Å². The van der Waals surface area contributed by atoms with Gasteiger partial charge in [0.2, 0.25) is 0 Å². The second kappa shape index (κ2) is 4.53. The van der Waals surface area contributed by atoms with Crippen molar-refractivity contribution < 1.29 is 4.39 Å². The second-order valence-corrected chi connectivity index (χ2v) is 3.77. The summed E-state index contributed by atoms with van der Waals surface area (Å²) in [5.41, 5.74) is 7.10. The molecule has 1 heterocycles. The molecular weight excluding hydrogens is 205 g/mol. The van der Waals surface area contributed by atoms with E-state index in [-0.39, 0.29) is 5.82 Å². The summed E-state index contributed by atoms with van der Waals surface area (Å²) in [5.74, 6) is 0.403. The Morgan fingerprint density at radius 2 is 2.12 bits per heavy atom. The third kappa shape index (κ3) is 2.17. The highest BCUT2D eigenvalue weighted by Gasteiger charge is 2.06. The maximum absolute atomic E-state index is 13.1. The lowest BCUT2D eigenvalue weighted by molar-refractivity contribution is 0.629. The van der Waals surface area contributed by atoms with Crippen molar-refractivity contribution in [3.05, 3.63) is 35.5 Å². The molecule has 1 aromatic heterocycles. The van der Waals surface area contributed by atoms with Crippen LogP contribution in [0, 0.1) is 12.7 Å². The van der Waals surface area contributed by atoms with Gasteiger partial charge in [0, 0.05) is 11.5 Å². The summed E-state index contributed by atoms with van der Waals surface area (Å²) in [6.07, 6.45) is 1.69. The second-order valence-electron chi connectivity index (χ2n) is 3.77. The van der Waals surface area contributed by atoms with Crippen LogP contribution >= 0.6 is 0 Å². The third-order valence-corrected chi connectivity index (χ3v) is 2.47. The molecule has 0 radical (unpaired) electrons. The van der Waals surface area contributed by atoms with Crippen molar-refractivity contribution in [2.24, 2.45) is 5.73 Å². The fourth-order valence-electron chi connectivity index (χ4n) is 1.76. The van der Waals surface area contributed by atoms with Gasteiger partial charge in [0.25, 0.3) is 0 Å². The van der Waals surface area contributed by atoms with E-state index in [4.69, 9.17) is 5.73 Å². The molecule has 0 bridgehead atoms. The maximum atomic E-state index is 13.1. The molecule has 16 heavy (non-hydrogen) atoms. The summed E-state index contributed by atoms with van der Waals surface area (Å²) in [7, 11) is 0. The molecule has 84 valence electrons. The van der Waals surface area contributed by atoms with Crippen LogP contribution in [0.1, 0.15) is 17.9 Å². The van der Waals surface area contributed by atoms with Gasteiger partial charge < -0.3 is 5.73 Å². The first-order valence-electron chi connectivity index (χ1n) is 5.33. The largest absolute Gasteiger partial charge is 0.330 e. The standard InChI is InChI=1S/C12H14FN3/c1-8-15-11(3-2-6-14)10-5-4-9(13)7-12(10)16-8/h4-5,7H,2-3,6,14H2,1H3. The molecule has 0 aliphatic heterocycles. The number of nitrogens with zero attached hydrogens (tertiary/aromatic N) is 2. The summed E-state index contributed by atoms with van der Waals surface area (Å²) in [6.45, 7) is 2.45. The van der Waals surface area contributed by atoms with E-state index in [1.807, 2.05) is 6.92 Å². The van der Waals surface area contributed by atoms with Gasteiger partial charge in [-0.05, 0) is 38.4 Å². The topological polar surface area (TPSA) is 51.8 Å². The number of aromatic nitrogens is 2. The molecular formula is C12H14FN3. The van der Waals surface area contributed by atoms with Crippen LogP contribution in [0.25, 0.3) is 10.9 Å². The van der Waals surface area contributed by atoms with Gasteiger partial charge in [-0.25, -0.2) is 14.4 Å².